The van der Waals surface area contributed by atoms with Gasteiger partial charge in [-0.3, -0.25) is 0 Å². The van der Waals surface area contributed by atoms with E-state index in [4.69, 9.17) is 14.2 Å². The SMILES string of the molecule is CC(C)(C)OC(=O)N1CC[C@@H](OCC2CO2)[C@@H](F)C1. The van der Waals surface area contributed by atoms with Crippen molar-refractivity contribution in [3.05, 3.63) is 0 Å². The van der Waals surface area contributed by atoms with Gasteiger partial charge in [0.2, 0.25) is 0 Å². The summed E-state index contributed by atoms with van der Waals surface area (Å²) >= 11 is 0. The number of hydrogen-bond acceptors (Lipinski definition) is 4. The van der Waals surface area contributed by atoms with Gasteiger partial charge in [-0.25, -0.2) is 9.18 Å². The molecule has 2 aliphatic heterocycles. The molecule has 0 aromatic carbocycles. The quantitative estimate of drug-likeness (QED) is 0.736. The van der Waals surface area contributed by atoms with Crippen LogP contribution in [0.3, 0.4) is 0 Å². The third-order valence-corrected chi connectivity index (χ3v) is 3.03. The summed E-state index contributed by atoms with van der Waals surface area (Å²) in [6.45, 7) is 7.03. The summed E-state index contributed by atoms with van der Waals surface area (Å²) in [5, 5.41) is 0. The van der Waals surface area contributed by atoms with E-state index in [-0.39, 0.29) is 12.6 Å². The van der Waals surface area contributed by atoms with E-state index < -0.39 is 24.0 Å². The van der Waals surface area contributed by atoms with Crippen LogP contribution >= 0.6 is 0 Å². The van der Waals surface area contributed by atoms with E-state index in [0.29, 0.717) is 26.2 Å². The molecule has 110 valence electrons. The van der Waals surface area contributed by atoms with Crippen LogP contribution in [0.15, 0.2) is 0 Å². The van der Waals surface area contributed by atoms with E-state index in [1.807, 2.05) is 0 Å². The van der Waals surface area contributed by atoms with Gasteiger partial charge in [-0.15, -0.1) is 0 Å². The van der Waals surface area contributed by atoms with Crippen molar-refractivity contribution in [1.82, 2.24) is 4.90 Å². The number of carbonyl (C=O) groups is 1. The number of rotatable bonds is 3. The maximum absolute atomic E-state index is 13.9. The van der Waals surface area contributed by atoms with Gasteiger partial charge in [-0.05, 0) is 27.2 Å². The van der Waals surface area contributed by atoms with Gasteiger partial charge in [0.25, 0.3) is 0 Å². The highest BCUT2D eigenvalue weighted by Gasteiger charge is 2.35. The number of ether oxygens (including phenoxy) is 3. The number of amides is 1. The van der Waals surface area contributed by atoms with E-state index in [1.165, 1.54) is 4.90 Å². The summed E-state index contributed by atoms with van der Waals surface area (Å²) in [7, 11) is 0. The van der Waals surface area contributed by atoms with Crippen LogP contribution in [-0.4, -0.2) is 61.3 Å². The Hall–Kier alpha value is -0.880. The summed E-state index contributed by atoms with van der Waals surface area (Å²) in [6, 6.07) is 0. The van der Waals surface area contributed by atoms with Crippen molar-refractivity contribution in [2.24, 2.45) is 0 Å². The van der Waals surface area contributed by atoms with Crippen molar-refractivity contribution in [2.45, 2.75) is 51.2 Å². The van der Waals surface area contributed by atoms with Gasteiger partial charge in [-0.1, -0.05) is 0 Å². The Morgan fingerprint density at radius 1 is 1.47 bits per heavy atom. The van der Waals surface area contributed by atoms with Crippen LogP contribution in [0.5, 0.6) is 0 Å². The Morgan fingerprint density at radius 2 is 2.16 bits per heavy atom. The van der Waals surface area contributed by atoms with Crippen molar-refractivity contribution < 1.29 is 23.4 Å². The molecule has 2 heterocycles. The summed E-state index contributed by atoms with van der Waals surface area (Å²) in [5.74, 6) is 0. The maximum Gasteiger partial charge on any atom is 0.410 e. The Labute approximate surface area is 113 Å². The zero-order valence-corrected chi connectivity index (χ0v) is 11.7. The molecule has 1 unspecified atom stereocenters. The summed E-state index contributed by atoms with van der Waals surface area (Å²) in [4.78, 5) is 13.2. The highest BCUT2D eigenvalue weighted by Crippen LogP contribution is 2.21. The van der Waals surface area contributed by atoms with Crippen LogP contribution in [-0.2, 0) is 14.2 Å². The van der Waals surface area contributed by atoms with Crippen molar-refractivity contribution in [2.75, 3.05) is 26.3 Å². The zero-order chi connectivity index (χ0) is 14.0. The molecule has 2 rings (SSSR count). The first kappa shape index (κ1) is 14.5. The molecule has 0 bridgehead atoms. The Kier molecular flexibility index (Phi) is 4.30. The molecule has 3 atom stereocenters. The molecular formula is C13H22FNO4. The normalized spacial score (nSPS) is 31.2. The molecule has 6 heteroatoms. The summed E-state index contributed by atoms with van der Waals surface area (Å²) in [6.07, 6.45) is -1.44. The maximum atomic E-state index is 13.9. The van der Waals surface area contributed by atoms with Crippen molar-refractivity contribution in [3.8, 4) is 0 Å². The summed E-state index contributed by atoms with van der Waals surface area (Å²) < 4.78 is 29.7. The molecule has 0 aliphatic carbocycles. The average molecular weight is 275 g/mol. The number of carbonyl (C=O) groups excluding carboxylic acids is 1. The van der Waals surface area contributed by atoms with Gasteiger partial charge in [0.05, 0.1) is 25.9 Å². The Bertz CT molecular complexity index is 327. The first-order valence-corrected chi connectivity index (χ1v) is 6.70. The van der Waals surface area contributed by atoms with Crippen molar-refractivity contribution >= 4 is 6.09 Å². The van der Waals surface area contributed by atoms with Crippen LogP contribution in [0.4, 0.5) is 9.18 Å². The van der Waals surface area contributed by atoms with Crippen LogP contribution in [0.1, 0.15) is 27.2 Å². The minimum atomic E-state index is -1.17. The second-order valence-corrected chi connectivity index (χ2v) is 6.06. The number of alkyl halides is 1. The minimum Gasteiger partial charge on any atom is -0.444 e. The second kappa shape index (κ2) is 5.63. The van der Waals surface area contributed by atoms with Crippen LogP contribution < -0.4 is 0 Å². The fourth-order valence-corrected chi connectivity index (χ4v) is 1.96. The van der Waals surface area contributed by atoms with E-state index in [2.05, 4.69) is 0 Å². The van der Waals surface area contributed by atoms with Gasteiger partial charge in [-0.2, -0.15) is 0 Å². The summed E-state index contributed by atoms with van der Waals surface area (Å²) in [5.41, 5.74) is -0.556. The van der Waals surface area contributed by atoms with Crippen LogP contribution in [0.25, 0.3) is 0 Å². The average Bonchev–Trinajstić information content (AvgIpc) is 3.08. The third-order valence-electron chi connectivity index (χ3n) is 3.03. The standard InChI is InChI=1S/C13H22FNO4/c1-13(2,3)19-12(16)15-5-4-11(10(14)6-15)18-8-9-7-17-9/h9-11H,4-8H2,1-3H3/t9?,10-,11+/m0/s1. The topological polar surface area (TPSA) is 51.3 Å². The zero-order valence-electron chi connectivity index (χ0n) is 11.7. The molecule has 0 aromatic rings. The molecule has 0 radical (unpaired) electrons. The molecule has 2 aliphatic rings. The molecular weight excluding hydrogens is 253 g/mol. The third kappa shape index (κ3) is 4.62. The minimum absolute atomic E-state index is 0.0328. The van der Waals surface area contributed by atoms with Gasteiger partial charge >= 0.3 is 6.09 Å². The molecule has 1 amide bonds. The largest absolute Gasteiger partial charge is 0.444 e. The first-order chi connectivity index (χ1) is 8.85. The fourth-order valence-electron chi connectivity index (χ4n) is 1.96. The van der Waals surface area contributed by atoms with Gasteiger partial charge in [0.15, 0.2) is 0 Å². The molecule has 5 nitrogen and oxygen atoms in total. The number of piperidine rings is 1. The number of epoxide rings is 1. The van der Waals surface area contributed by atoms with Crippen LogP contribution in [0, 0.1) is 0 Å². The van der Waals surface area contributed by atoms with Gasteiger partial charge in [0, 0.05) is 6.54 Å². The number of halogens is 1. The molecule has 0 N–H and O–H groups in total. The Morgan fingerprint density at radius 3 is 2.68 bits per heavy atom. The lowest BCUT2D eigenvalue weighted by Crippen LogP contribution is -2.49. The van der Waals surface area contributed by atoms with E-state index in [0.717, 1.165) is 0 Å². The number of likely N-dealkylation sites (tertiary alicyclic amines) is 1. The van der Waals surface area contributed by atoms with E-state index in [9.17, 15) is 9.18 Å². The monoisotopic (exact) mass is 275 g/mol. The molecule has 0 spiro atoms. The smallest absolute Gasteiger partial charge is 0.410 e. The highest BCUT2D eigenvalue weighted by molar-refractivity contribution is 5.68. The first-order valence-electron chi connectivity index (χ1n) is 6.70. The molecule has 19 heavy (non-hydrogen) atoms. The predicted octanol–water partition coefficient (Wildman–Crippen LogP) is 1.75. The van der Waals surface area contributed by atoms with Crippen molar-refractivity contribution in [1.29, 1.82) is 0 Å². The lowest BCUT2D eigenvalue weighted by atomic mass is 10.1. The van der Waals surface area contributed by atoms with Crippen molar-refractivity contribution in [3.63, 3.8) is 0 Å². The van der Waals surface area contributed by atoms with E-state index in [1.54, 1.807) is 20.8 Å². The van der Waals surface area contributed by atoms with Gasteiger partial charge in [0.1, 0.15) is 17.9 Å². The highest BCUT2D eigenvalue weighted by atomic mass is 19.1. The molecule has 0 saturated carbocycles. The second-order valence-electron chi connectivity index (χ2n) is 6.06. The van der Waals surface area contributed by atoms with Gasteiger partial charge < -0.3 is 19.1 Å². The predicted molar refractivity (Wildman–Crippen MR) is 66.8 cm³/mol. The lowest BCUT2D eigenvalue weighted by Gasteiger charge is -2.35. The molecule has 0 aromatic heterocycles. The Balaban J connectivity index is 1.76. The molecule has 2 fully saturated rings. The van der Waals surface area contributed by atoms with E-state index >= 15 is 0 Å². The number of hydrogen-bond donors (Lipinski definition) is 0. The fraction of sp³-hybridized carbons (Fsp3) is 0.923. The molecule has 2 saturated heterocycles. The number of nitrogens with zero attached hydrogens (tertiary/aromatic N) is 1. The van der Waals surface area contributed by atoms with Crippen LogP contribution in [0.2, 0.25) is 0 Å². The lowest BCUT2D eigenvalue weighted by molar-refractivity contribution is -0.0547.